The summed E-state index contributed by atoms with van der Waals surface area (Å²) < 4.78 is 25.0. The number of halogens is 3. The molecule has 35 nitrogen and oxygen atoms in total. The first kappa shape index (κ1) is 105. The Hall–Kier alpha value is -14.0. The summed E-state index contributed by atoms with van der Waals surface area (Å²) in [4.78, 5) is 150. The predicted octanol–water partition coefficient (Wildman–Crippen LogP) is 17.2. The molecule has 44 heteroatoms. The number of aliphatic hydroxyl groups is 1. The van der Waals surface area contributed by atoms with Gasteiger partial charge in [0.25, 0.3) is 11.1 Å². The molecule has 0 saturated carbocycles. The third-order valence-electron chi connectivity index (χ3n) is 19.7. The van der Waals surface area contributed by atoms with E-state index in [9.17, 15) is 33.3 Å². The minimum atomic E-state index is -1.40. The highest BCUT2D eigenvalue weighted by Crippen LogP contribution is 2.36. The molecule has 0 bridgehead atoms. The van der Waals surface area contributed by atoms with Crippen LogP contribution >= 0.6 is 93.6 Å². The van der Waals surface area contributed by atoms with Crippen LogP contribution in [0, 0.1) is 13.8 Å². The lowest BCUT2D eigenvalue weighted by atomic mass is 10.0. The van der Waals surface area contributed by atoms with Gasteiger partial charge in [0.15, 0.2) is 32.1 Å². The maximum atomic E-state index is 13.8. The number of aliphatic hydroxyl groups excluding tert-OH is 1. The fourth-order valence-corrected chi connectivity index (χ4v) is 15.9. The molecular weight excluding hydrogens is 1960 g/mol. The van der Waals surface area contributed by atoms with E-state index in [1.807, 2.05) is 124 Å². The number of hydrogen-bond donors (Lipinski definition) is 4. The van der Waals surface area contributed by atoms with E-state index in [4.69, 9.17) is 44.3 Å². The molecule has 15 heterocycles. The fraction of sp³-hybridized carbons (Fsp3) is 0.188. The number of nitrogens with zero attached hydrogens (tertiary/aromatic N) is 23. The van der Waals surface area contributed by atoms with Crippen LogP contribution < -0.4 is 27.1 Å². The molecule has 0 spiro atoms. The summed E-state index contributed by atoms with van der Waals surface area (Å²) in [6, 6.07) is 33.5. The van der Waals surface area contributed by atoms with Crippen LogP contribution in [0.3, 0.4) is 0 Å². The molecule has 0 aliphatic heterocycles. The van der Waals surface area contributed by atoms with Crippen LogP contribution in [-0.2, 0) is 59.6 Å². The number of aromatic nitrogens is 23. The Kier molecular flexibility index (Phi) is 39.9. The number of benzene rings is 2. The van der Waals surface area contributed by atoms with Gasteiger partial charge in [-0.25, -0.2) is 69.4 Å². The lowest BCUT2D eigenvalue weighted by molar-refractivity contribution is 0.0516. The molecule has 1 atom stereocenters. The molecule has 17 aromatic rings. The highest BCUT2D eigenvalue weighted by Gasteiger charge is 2.23. The van der Waals surface area contributed by atoms with Crippen molar-refractivity contribution in [3.05, 3.63) is 330 Å². The molecular formula is C96H89Cl3N26O9S6. The highest BCUT2D eigenvalue weighted by atomic mass is 35.5. The molecule has 0 saturated heterocycles. The number of carbonyl (C=O) groups excluding carboxylic acids is 3. The van der Waals surface area contributed by atoms with Crippen molar-refractivity contribution >= 4 is 162 Å². The normalized spacial score (nSPS) is 10.9. The minimum absolute atomic E-state index is 0.0793. The summed E-state index contributed by atoms with van der Waals surface area (Å²) >= 11 is 26.3. The quantitative estimate of drug-likeness (QED) is 0.0111. The first-order chi connectivity index (χ1) is 68.1. The van der Waals surface area contributed by atoms with E-state index >= 15 is 0 Å². The number of aldehydes is 1. The summed E-state index contributed by atoms with van der Waals surface area (Å²) in [5.41, 5.74) is 13.8. The van der Waals surface area contributed by atoms with Crippen molar-refractivity contribution in [1.29, 1.82) is 0 Å². The van der Waals surface area contributed by atoms with Crippen molar-refractivity contribution in [2.45, 2.75) is 98.0 Å². The van der Waals surface area contributed by atoms with E-state index in [0.29, 0.717) is 148 Å². The molecule has 0 radical (unpaired) electrons. The van der Waals surface area contributed by atoms with E-state index in [0.717, 1.165) is 73.4 Å². The molecule has 714 valence electrons. The summed E-state index contributed by atoms with van der Waals surface area (Å²) in [6.45, 7) is 10.1. The number of rotatable bonds is 29. The molecule has 1 unspecified atom stereocenters. The van der Waals surface area contributed by atoms with Crippen LogP contribution in [0.5, 0.6) is 0 Å². The average molecular weight is 2050 g/mol. The fourth-order valence-electron chi connectivity index (χ4n) is 13.0. The van der Waals surface area contributed by atoms with Crippen LogP contribution in [0.2, 0.25) is 15.2 Å². The monoisotopic (exact) mass is 2050 g/mol. The number of carbonyl (C=O) groups is 3. The van der Waals surface area contributed by atoms with Crippen LogP contribution in [0.25, 0.3) is 66.8 Å². The van der Waals surface area contributed by atoms with Crippen molar-refractivity contribution in [1.82, 2.24) is 114 Å². The van der Waals surface area contributed by atoms with Gasteiger partial charge in [0.05, 0.1) is 72.0 Å². The smallest absolute Gasteiger partial charge is 0.343 e. The van der Waals surface area contributed by atoms with Gasteiger partial charge < -0.3 is 30.5 Å². The summed E-state index contributed by atoms with van der Waals surface area (Å²) in [5.74, 6) is 0.759. The summed E-state index contributed by atoms with van der Waals surface area (Å²) in [6.07, 6.45) is 44.9. The van der Waals surface area contributed by atoms with E-state index in [1.54, 1.807) is 154 Å². The Morgan fingerprint density at radius 2 is 0.814 bits per heavy atom. The second kappa shape index (κ2) is 53.2. The third-order valence-corrected chi connectivity index (χ3v) is 24.1. The van der Waals surface area contributed by atoms with Crippen LogP contribution in [-0.4, -0.2) is 192 Å². The van der Waals surface area contributed by atoms with Gasteiger partial charge in [0, 0.05) is 210 Å². The summed E-state index contributed by atoms with van der Waals surface area (Å²) in [7, 11) is -1.40. The zero-order valence-corrected chi connectivity index (χ0v) is 83.9. The largest absolute Gasteiger partial charge is 0.462 e. The van der Waals surface area contributed by atoms with E-state index in [2.05, 4.69) is 121 Å². The van der Waals surface area contributed by atoms with Gasteiger partial charge >= 0.3 is 11.9 Å². The second-order valence-electron chi connectivity index (χ2n) is 28.9. The molecule has 2 aromatic carbocycles. The van der Waals surface area contributed by atoms with E-state index < -0.39 is 22.7 Å². The zero-order valence-electron chi connectivity index (χ0n) is 76.8. The molecule has 0 aliphatic carbocycles. The molecule has 140 heavy (non-hydrogen) atoms. The number of esters is 2. The Labute approximate surface area is 842 Å². The lowest BCUT2D eigenvalue weighted by Crippen LogP contribution is -2.24. The van der Waals surface area contributed by atoms with Crippen molar-refractivity contribution in [2.24, 2.45) is 0 Å². The third kappa shape index (κ3) is 28.8. The molecule has 15 aromatic heterocycles. The van der Waals surface area contributed by atoms with Crippen LogP contribution in [0.4, 0.5) is 17.5 Å². The number of ether oxygens (including phenoxy) is 2. The molecule has 0 fully saturated rings. The van der Waals surface area contributed by atoms with Gasteiger partial charge in [-0.05, 0) is 141 Å². The van der Waals surface area contributed by atoms with E-state index in [1.165, 1.54) is 88.2 Å². The first-order valence-corrected chi connectivity index (χ1v) is 51.1. The van der Waals surface area contributed by atoms with Gasteiger partial charge in [0.2, 0.25) is 5.16 Å². The number of fused-ring (bicyclic) bond motifs is 2. The molecule has 17 rings (SSSR count). The predicted molar refractivity (Wildman–Crippen MR) is 549 cm³/mol. The topological polar surface area (TPSA) is 458 Å². The average Bonchev–Trinajstić information content (AvgIpc) is 0.762. The van der Waals surface area contributed by atoms with Gasteiger partial charge in [0.1, 0.15) is 45.0 Å². The minimum Gasteiger partial charge on any atom is -0.462 e. The lowest BCUT2D eigenvalue weighted by Gasteiger charge is -2.14. The number of aryl methyl sites for hydroxylation is 2. The maximum absolute atomic E-state index is 13.8. The number of pyridine rings is 7. The van der Waals surface area contributed by atoms with Crippen LogP contribution in [0.1, 0.15) is 89.7 Å². The van der Waals surface area contributed by atoms with Crippen LogP contribution in [0.15, 0.2) is 274 Å². The number of anilines is 3. The number of hydrogen-bond acceptors (Lipinski definition) is 38. The van der Waals surface area contributed by atoms with E-state index in [-0.39, 0.29) is 40.1 Å². The molecule has 0 amide bonds. The number of thioether (sulfide) groups is 5. The standard InChI is InChI=1S/C25H19ClN6O2S.C25H19ClN6OS.C14H16N4O2S.C12H14N4OS.C12H12N4OS.C8H9ClN2O2S/c1-15-22(29-9-8-28-15)17-5-6-19(21(26)11-17)20-10-18-13-30-25(35(2)34)31-23(18)32(24(20)33)14-16-4-3-7-27-12-16;1-15-22(29-9-8-28-15)17-5-6-19(21(26)11-17)20-10-18-13-30-25(34-2)31-23(18)32(24(20)33)14-16-4-3-7-27-12-16;1-3-20-13(19)11-9-17-14(21-2)18-12(11)16-8-10-5-4-6-15-7-10;2*1-18-12-15-7-10(8-17)11(16-12)14-6-9-3-2-4-13-5-9;1-3-13-7(12)5-4-10-8(14-2)11-6(5)9/h3-13H,14H2,1-2H3;3-13H,14H2,1-2H3;4-7,9H,3,8H2,1-2H3,(H,16,17,18);2-5,7,17H,6,8H2,1H3,(H,14,15,16);2-5,7-8H,6H2,1H3,(H,14,15,16);4H,3H2,1-2H3. The Morgan fingerprint density at radius 3 is 1.24 bits per heavy atom. The second-order valence-corrected chi connectivity index (χ2v) is 35.3. The van der Waals surface area contributed by atoms with Gasteiger partial charge in [-0.3, -0.25) is 72.6 Å². The SMILES string of the molecule is CCOC(=O)c1cnc(SC)nc1Cl.CCOC(=O)c1cnc(SC)nc1NCc1cccnc1.CSc1ncc(C=O)c(NCc2cccnc2)n1.CSc1ncc(CO)c(NCc2cccnc2)n1.CSc1ncc2cc(-c3ccc(-c4nccnc4C)cc3Cl)c(=O)n(Cc3cccnc3)c2n1.Cc1nccnc1-c1ccc(-c2cc3cnc(S(C)=O)nc3n(Cc3cccnc3)c2=O)c(Cl)c1. The summed E-state index contributed by atoms with van der Waals surface area (Å²) in [5, 5.41) is 24.3. The van der Waals surface area contributed by atoms with Crippen molar-refractivity contribution in [2.75, 3.05) is 66.7 Å². The first-order valence-electron chi connectivity index (χ1n) is 42.3. The van der Waals surface area contributed by atoms with Crippen molar-refractivity contribution < 1.29 is 33.2 Å². The van der Waals surface area contributed by atoms with Gasteiger partial charge in [-0.2, -0.15) is 0 Å². The highest BCUT2D eigenvalue weighted by molar-refractivity contribution is 7.99. The van der Waals surface area contributed by atoms with Crippen molar-refractivity contribution in [3.63, 3.8) is 0 Å². The molecule has 4 N–H and O–H groups in total. The Bertz CT molecular complexity index is 7290. The van der Waals surface area contributed by atoms with Gasteiger partial charge in [-0.15, -0.1) is 0 Å². The van der Waals surface area contributed by atoms with Gasteiger partial charge in [-0.1, -0.05) is 148 Å². The van der Waals surface area contributed by atoms with Crippen molar-refractivity contribution in [3.8, 4) is 44.8 Å². The molecule has 0 aliphatic rings. The Balaban J connectivity index is 0.000000155. The number of nitrogens with one attached hydrogen (secondary N) is 3. The maximum Gasteiger partial charge on any atom is 0.343 e. The Morgan fingerprint density at radius 1 is 0.429 bits per heavy atom. The zero-order chi connectivity index (χ0) is 99.4.